The summed E-state index contributed by atoms with van der Waals surface area (Å²) in [6, 6.07) is 0. The second-order valence-corrected chi connectivity index (χ2v) is 8.35. The Hall–Kier alpha value is -1.62. The van der Waals surface area contributed by atoms with Gasteiger partial charge in [-0.2, -0.15) is 0 Å². The number of carbonyl (C=O) groups is 2. The SMILES string of the molecule is COCc1nnc(NC(=O)CN2CCC3(CC2)CC(OC)CN(C)C3=O)s1. The maximum Gasteiger partial charge on any atom is 0.240 e. The molecule has 1 atom stereocenters. The van der Waals surface area contributed by atoms with E-state index >= 15 is 0 Å². The van der Waals surface area contributed by atoms with Crippen molar-refractivity contribution in [2.75, 3.05) is 52.8 Å². The molecular weight excluding hydrogens is 370 g/mol. The highest BCUT2D eigenvalue weighted by molar-refractivity contribution is 7.15. The number of anilines is 1. The van der Waals surface area contributed by atoms with Gasteiger partial charge in [0, 0.05) is 27.8 Å². The lowest BCUT2D eigenvalue weighted by atomic mass is 9.71. The number of likely N-dealkylation sites (N-methyl/N-ethyl adjacent to an activating group) is 1. The first-order valence-electron chi connectivity index (χ1n) is 9.07. The molecule has 3 heterocycles. The quantitative estimate of drug-likeness (QED) is 0.750. The van der Waals surface area contributed by atoms with Gasteiger partial charge in [0.2, 0.25) is 16.9 Å². The van der Waals surface area contributed by atoms with E-state index in [1.165, 1.54) is 11.3 Å². The van der Waals surface area contributed by atoms with Crippen LogP contribution in [0.3, 0.4) is 0 Å². The molecule has 2 aliphatic rings. The van der Waals surface area contributed by atoms with E-state index in [4.69, 9.17) is 9.47 Å². The fourth-order valence-electron chi connectivity index (χ4n) is 3.94. The minimum Gasteiger partial charge on any atom is -0.380 e. The zero-order chi connectivity index (χ0) is 19.4. The number of nitrogens with one attached hydrogen (secondary N) is 1. The zero-order valence-corrected chi connectivity index (χ0v) is 16.9. The summed E-state index contributed by atoms with van der Waals surface area (Å²) in [6.45, 7) is 2.75. The van der Waals surface area contributed by atoms with Crippen LogP contribution < -0.4 is 5.32 Å². The van der Waals surface area contributed by atoms with E-state index < -0.39 is 0 Å². The molecule has 0 radical (unpaired) electrons. The summed E-state index contributed by atoms with van der Waals surface area (Å²) in [6.07, 6.45) is 2.35. The number of hydrogen-bond donors (Lipinski definition) is 1. The van der Waals surface area contributed by atoms with E-state index in [9.17, 15) is 9.59 Å². The number of nitrogens with zero attached hydrogens (tertiary/aromatic N) is 4. The third kappa shape index (κ3) is 4.63. The Labute approximate surface area is 163 Å². The molecule has 2 saturated heterocycles. The van der Waals surface area contributed by atoms with Crippen molar-refractivity contribution < 1.29 is 19.1 Å². The van der Waals surface area contributed by atoms with Crippen molar-refractivity contribution in [3.8, 4) is 0 Å². The molecule has 9 nitrogen and oxygen atoms in total. The van der Waals surface area contributed by atoms with Crippen LogP contribution >= 0.6 is 11.3 Å². The molecule has 2 fully saturated rings. The van der Waals surface area contributed by atoms with E-state index in [1.54, 1.807) is 19.1 Å². The number of aromatic nitrogens is 2. The molecule has 1 aromatic rings. The molecule has 150 valence electrons. The molecule has 0 aromatic carbocycles. The van der Waals surface area contributed by atoms with Gasteiger partial charge in [-0.1, -0.05) is 11.3 Å². The van der Waals surface area contributed by atoms with Gasteiger partial charge in [-0.05, 0) is 32.4 Å². The summed E-state index contributed by atoms with van der Waals surface area (Å²) < 4.78 is 10.5. The van der Waals surface area contributed by atoms with Gasteiger partial charge in [-0.25, -0.2) is 0 Å². The van der Waals surface area contributed by atoms with Crippen LogP contribution in [-0.4, -0.2) is 85.4 Å². The Morgan fingerprint density at radius 1 is 1.33 bits per heavy atom. The Morgan fingerprint density at radius 3 is 2.74 bits per heavy atom. The van der Waals surface area contributed by atoms with E-state index in [2.05, 4.69) is 20.4 Å². The summed E-state index contributed by atoms with van der Waals surface area (Å²) in [7, 11) is 5.13. The smallest absolute Gasteiger partial charge is 0.240 e. The molecule has 0 saturated carbocycles. The fourth-order valence-corrected chi connectivity index (χ4v) is 4.67. The highest BCUT2D eigenvalue weighted by atomic mass is 32.1. The monoisotopic (exact) mass is 397 g/mol. The van der Waals surface area contributed by atoms with Crippen molar-refractivity contribution in [2.24, 2.45) is 5.41 Å². The second-order valence-electron chi connectivity index (χ2n) is 7.29. The van der Waals surface area contributed by atoms with Gasteiger partial charge >= 0.3 is 0 Å². The molecule has 2 aliphatic heterocycles. The van der Waals surface area contributed by atoms with Gasteiger partial charge in [-0.3, -0.25) is 19.8 Å². The minimum atomic E-state index is -0.352. The van der Waals surface area contributed by atoms with E-state index in [0.717, 1.165) is 24.3 Å². The predicted molar refractivity (Wildman–Crippen MR) is 100 cm³/mol. The molecule has 10 heteroatoms. The Balaban J connectivity index is 1.51. The maximum atomic E-state index is 12.7. The van der Waals surface area contributed by atoms with Gasteiger partial charge in [0.25, 0.3) is 0 Å². The third-order valence-corrected chi connectivity index (χ3v) is 6.20. The molecule has 1 spiro atoms. The second kappa shape index (κ2) is 8.59. The first-order valence-corrected chi connectivity index (χ1v) is 9.89. The summed E-state index contributed by atoms with van der Waals surface area (Å²) in [5, 5.41) is 11.9. The van der Waals surface area contributed by atoms with Crippen molar-refractivity contribution in [2.45, 2.75) is 32.0 Å². The number of piperidine rings is 2. The number of hydrogen-bond acceptors (Lipinski definition) is 8. The lowest BCUT2D eigenvalue weighted by Crippen LogP contribution is -2.57. The van der Waals surface area contributed by atoms with Crippen molar-refractivity contribution >= 4 is 28.3 Å². The molecule has 0 aliphatic carbocycles. The van der Waals surface area contributed by atoms with E-state index in [-0.39, 0.29) is 29.9 Å². The standard InChI is InChI=1S/C17H27N5O4S/c1-21-9-12(26-3)8-17(15(21)24)4-6-22(7-5-17)10-13(23)18-16-20-19-14(27-16)11-25-2/h12H,4-11H2,1-3H3,(H,18,20,23). The van der Waals surface area contributed by atoms with Gasteiger partial charge < -0.3 is 14.4 Å². The lowest BCUT2D eigenvalue weighted by Gasteiger charge is -2.47. The maximum absolute atomic E-state index is 12.7. The first kappa shape index (κ1) is 20.1. The molecule has 1 aromatic heterocycles. The van der Waals surface area contributed by atoms with Crippen molar-refractivity contribution in [3.63, 3.8) is 0 Å². The number of likely N-dealkylation sites (tertiary alicyclic amines) is 2. The summed E-state index contributed by atoms with van der Waals surface area (Å²) >= 11 is 1.31. The van der Waals surface area contributed by atoms with Crippen LogP contribution in [0.1, 0.15) is 24.3 Å². The van der Waals surface area contributed by atoms with Crippen LogP contribution in [0.25, 0.3) is 0 Å². The van der Waals surface area contributed by atoms with Gasteiger partial charge in [0.1, 0.15) is 11.6 Å². The average molecular weight is 398 g/mol. The first-order chi connectivity index (χ1) is 13.0. The van der Waals surface area contributed by atoms with Crippen LogP contribution in [0.2, 0.25) is 0 Å². The number of ether oxygens (including phenoxy) is 2. The fraction of sp³-hybridized carbons (Fsp3) is 0.765. The van der Waals surface area contributed by atoms with E-state index in [0.29, 0.717) is 31.4 Å². The summed E-state index contributed by atoms with van der Waals surface area (Å²) in [5.41, 5.74) is -0.352. The van der Waals surface area contributed by atoms with Crippen LogP contribution in [0.5, 0.6) is 0 Å². The number of amides is 2. The molecule has 3 rings (SSSR count). The third-order valence-electron chi connectivity index (χ3n) is 5.39. The number of carbonyl (C=O) groups excluding carboxylic acids is 2. The lowest BCUT2D eigenvalue weighted by molar-refractivity contribution is -0.155. The zero-order valence-electron chi connectivity index (χ0n) is 16.1. The summed E-state index contributed by atoms with van der Waals surface area (Å²) in [4.78, 5) is 28.9. The van der Waals surface area contributed by atoms with Gasteiger partial charge in [-0.15, -0.1) is 10.2 Å². The summed E-state index contributed by atoms with van der Waals surface area (Å²) in [5.74, 6) is 0.0901. The van der Waals surface area contributed by atoms with Crippen molar-refractivity contribution in [3.05, 3.63) is 5.01 Å². The number of methoxy groups -OCH3 is 2. The largest absolute Gasteiger partial charge is 0.380 e. The van der Waals surface area contributed by atoms with E-state index in [1.807, 2.05) is 7.05 Å². The highest BCUT2D eigenvalue weighted by Gasteiger charge is 2.47. The molecule has 1 N–H and O–H groups in total. The topological polar surface area (TPSA) is 96.9 Å². The van der Waals surface area contributed by atoms with Crippen molar-refractivity contribution in [1.29, 1.82) is 0 Å². The molecule has 27 heavy (non-hydrogen) atoms. The Kier molecular flexibility index (Phi) is 6.40. The average Bonchev–Trinajstić information content (AvgIpc) is 3.08. The molecule has 0 bridgehead atoms. The Bertz CT molecular complexity index is 674. The minimum absolute atomic E-state index is 0.0845. The van der Waals surface area contributed by atoms with Crippen molar-refractivity contribution in [1.82, 2.24) is 20.0 Å². The normalized spacial score (nSPS) is 23.0. The highest BCUT2D eigenvalue weighted by Crippen LogP contribution is 2.41. The predicted octanol–water partition coefficient (Wildman–Crippen LogP) is 0.582. The van der Waals surface area contributed by atoms with Crippen LogP contribution in [0.15, 0.2) is 0 Å². The van der Waals surface area contributed by atoms with Crippen LogP contribution in [-0.2, 0) is 25.7 Å². The number of rotatable bonds is 6. The molecule has 2 amide bonds. The molecular formula is C17H27N5O4S. The van der Waals surface area contributed by atoms with Crippen LogP contribution in [0.4, 0.5) is 5.13 Å². The Morgan fingerprint density at radius 2 is 2.07 bits per heavy atom. The van der Waals surface area contributed by atoms with Crippen LogP contribution in [0, 0.1) is 5.41 Å². The van der Waals surface area contributed by atoms with Gasteiger partial charge in [0.05, 0.1) is 18.1 Å². The molecule has 1 unspecified atom stereocenters. The van der Waals surface area contributed by atoms with Gasteiger partial charge in [0.15, 0.2) is 0 Å².